The third-order valence-electron chi connectivity index (χ3n) is 1.96. The summed E-state index contributed by atoms with van der Waals surface area (Å²) in [4.78, 5) is 10.5. The van der Waals surface area contributed by atoms with E-state index in [1.165, 1.54) is 0 Å². The molecule has 0 saturated heterocycles. The Kier molecular flexibility index (Phi) is 3.09. The van der Waals surface area contributed by atoms with Crippen molar-refractivity contribution in [2.24, 2.45) is 5.73 Å². The maximum Gasteiger partial charge on any atom is 0.416 e. The second-order valence-corrected chi connectivity index (χ2v) is 3.09. The predicted octanol–water partition coefficient (Wildman–Crippen LogP) is 1.50. The zero-order valence-corrected chi connectivity index (χ0v) is 7.82. The van der Waals surface area contributed by atoms with Gasteiger partial charge in [0.25, 0.3) is 0 Å². The van der Waals surface area contributed by atoms with Gasteiger partial charge in [-0.3, -0.25) is 4.79 Å². The minimum absolute atomic E-state index is 0.263. The lowest BCUT2D eigenvalue weighted by molar-refractivity contribution is -0.138. The molecule has 0 aliphatic carbocycles. The number of nitrogens with two attached hydrogens (primary N) is 1. The summed E-state index contributed by atoms with van der Waals surface area (Å²) in [5.74, 6) is -2.22. The molecule has 0 saturated carbocycles. The minimum Gasteiger partial charge on any atom is -0.508 e. The molecule has 0 aliphatic rings. The number of carboxylic acids is 1. The van der Waals surface area contributed by atoms with Crippen LogP contribution in [-0.2, 0) is 11.0 Å². The van der Waals surface area contributed by atoms with Gasteiger partial charge in [-0.05, 0) is 12.1 Å². The number of hydrogen-bond donors (Lipinski definition) is 3. The van der Waals surface area contributed by atoms with Gasteiger partial charge in [-0.15, -0.1) is 0 Å². The van der Waals surface area contributed by atoms with Crippen LogP contribution in [0.5, 0.6) is 5.75 Å². The van der Waals surface area contributed by atoms with E-state index in [4.69, 9.17) is 10.8 Å². The first kappa shape index (κ1) is 12.3. The molecule has 0 unspecified atom stereocenters. The van der Waals surface area contributed by atoms with Crippen LogP contribution in [0.4, 0.5) is 13.2 Å². The Labute approximate surface area is 88.1 Å². The number of aromatic hydroxyl groups is 1. The van der Waals surface area contributed by atoms with Gasteiger partial charge in [-0.2, -0.15) is 13.2 Å². The molecule has 1 aromatic rings. The summed E-state index contributed by atoms with van der Waals surface area (Å²) < 4.78 is 36.6. The Balaban J connectivity index is 3.15. The molecular formula is C9H8F3NO3. The summed E-state index contributed by atoms with van der Waals surface area (Å²) >= 11 is 0. The molecule has 1 rings (SSSR count). The number of benzene rings is 1. The molecule has 0 fully saturated rings. The highest BCUT2D eigenvalue weighted by Crippen LogP contribution is 2.33. The maximum atomic E-state index is 12.2. The molecule has 0 bridgehead atoms. The normalized spacial score (nSPS) is 13.5. The van der Waals surface area contributed by atoms with Gasteiger partial charge in [-0.25, -0.2) is 0 Å². The quantitative estimate of drug-likeness (QED) is 0.725. The number of phenols is 1. The summed E-state index contributed by atoms with van der Waals surface area (Å²) in [5.41, 5.74) is 3.83. The summed E-state index contributed by atoms with van der Waals surface area (Å²) in [6.45, 7) is 0. The van der Waals surface area contributed by atoms with Crippen molar-refractivity contribution in [3.8, 4) is 5.75 Å². The fraction of sp³-hybridized carbons (Fsp3) is 0.222. The third kappa shape index (κ3) is 2.43. The minimum atomic E-state index is -4.59. The van der Waals surface area contributed by atoms with Crippen LogP contribution in [0.25, 0.3) is 0 Å². The van der Waals surface area contributed by atoms with Gasteiger partial charge in [0, 0.05) is 5.56 Å². The molecule has 4 N–H and O–H groups in total. The van der Waals surface area contributed by atoms with Gasteiger partial charge in [0.15, 0.2) is 0 Å². The van der Waals surface area contributed by atoms with Gasteiger partial charge >= 0.3 is 12.1 Å². The van der Waals surface area contributed by atoms with Crippen LogP contribution < -0.4 is 5.73 Å². The molecule has 0 radical (unpaired) electrons. The third-order valence-corrected chi connectivity index (χ3v) is 1.96. The summed E-state index contributed by atoms with van der Waals surface area (Å²) in [6.07, 6.45) is -4.59. The highest BCUT2D eigenvalue weighted by atomic mass is 19.4. The number of alkyl halides is 3. The zero-order valence-electron chi connectivity index (χ0n) is 7.82. The van der Waals surface area contributed by atoms with Crippen molar-refractivity contribution in [2.45, 2.75) is 12.2 Å². The van der Waals surface area contributed by atoms with Gasteiger partial charge < -0.3 is 15.9 Å². The number of carbonyl (C=O) groups is 1. The fourth-order valence-corrected chi connectivity index (χ4v) is 1.12. The van der Waals surface area contributed by atoms with Crippen LogP contribution in [-0.4, -0.2) is 16.2 Å². The zero-order chi connectivity index (χ0) is 12.5. The number of carboxylic acid groups (broad SMARTS) is 1. The van der Waals surface area contributed by atoms with E-state index in [-0.39, 0.29) is 5.56 Å². The van der Waals surface area contributed by atoms with Gasteiger partial charge in [0.2, 0.25) is 0 Å². The second-order valence-electron chi connectivity index (χ2n) is 3.09. The molecular weight excluding hydrogens is 227 g/mol. The van der Waals surface area contributed by atoms with Crippen LogP contribution >= 0.6 is 0 Å². The van der Waals surface area contributed by atoms with Crippen molar-refractivity contribution >= 4 is 5.97 Å². The number of hydrogen-bond acceptors (Lipinski definition) is 3. The van der Waals surface area contributed by atoms with Crippen molar-refractivity contribution < 1.29 is 28.2 Å². The van der Waals surface area contributed by atoms with Crippen LogP contribution in [0, 0.1) is 0 Å². The highest BCUT2D eigenvalue weighted by Gasteiger charge is 2.31. The first-order chi connectivity index (χ1) is 7.23. The number of phenolic OH excluding ortho intramolecular Hbond substituents is 1. The van der Waals surface area contributed by atoms with E-state index in [9.17, 15) is 23.1 Å². The number of rotatable bonds is 2. The van der Waals surface area contributed by atoms with Crippen LogP contribution in [0.2, 0.25) is 0 Å². The lowest BCUT2D eigenvalue weighted by Gasteiger charge is -2.12. The summed E-state index contributed by atoms with van der Waals surface area (Å²) in [7, 11) is 0. The largest absolute Gasteiger partial charge is 0.508 e. The van der Waals surface area contributed by atoms with Crippen molar-refractivity contribution in [3.05, 3.63) is 29.3 Å². The van der Waals surface area contributed by atoms with Gasteiger partial charge in [0.1, 0.15) is 11.8 Å². The van der Waals surface area contributed by atoms with Crippen molar-refractivity contribution in [3.63, 3.8) is 0 Å². The monoisotopic (exact) mass is 235 g/mol. The predicted molar refractivity (Wildman–Crippen MR) is 47.7 cm³/mol. The van der Waals surface area contributed by atoms with Crippen LogP contribution in [0.3, 0.4) is 0 Å². The number of aliphatic carboxylic acids is 1. The van der Waals surface area contributed by atoms with E-state index in [1.54, 1.807) is 0 Å². The van der Waals surface area contributed by atoms with Crippen molar-refractivity contribution in [2.75, 3.05) is 0 Å². The summed E-state index contributed by atoms with van der Waals surface area (Å²) in [5, 5.41) is 17.8. The molecule has 0 aliphatic heterocycles. The average molecular weight is 235 g/mol. The molecule has 4 nitrogen and oxygen atoms in total. The molecule has 0 heterocycles. The standard InChI is InChI=1S/C9H8F3NO3/c10-9(11,12)4-1-2-5(6(14)3-4)7(13)8(15)16/h1-3,7,14H,13H2,(H,15,16)/t7-/m0/s1. The van der Waals surface area contributed by atoms with E-state index in [1.807, 2.05) is 0 Å². The Morgan fingerprint density at radius 1 is 1.38 bits per heavy atom. The lowest BCUT2D eigenvalue weighted by Crippen LogP contribution is -2.21. The number of halogens is 3. The molecule has 0 spiro atoms. The first-order valence-electron chi connectivity index (χ1n) is 4.12. The van der Waals surface area contributed by atoms with E-state index in [0.717, 1.165) is 6.07 Å². The lowest BCUT2D eigenvalue weighted by atomic mass is 10.0. The Bertz CT molecular complexity index is 417. The Morgan fingerprint density at radius 3 is 2.31 bits per heavy atom. The molecule has 1 atom stereocenters. The topological polar surface area (TPSA) is 83.6 Å². The van der Waals surface area contributed by atoms with Gasteiger partial charge in [-0.1, -0.05) is 6.07 Å². The fourth-order valence-electron chi connectivity index (χ4n) is 1.12. The average Bonchev–Trinajstić information content (AvgIpc) is 2.15. The van der Waals surface area contributed by atoms with Gasteiger partial charge in [0.05, 0.1) is 5.56 Å². The molecule has 16 heavy (non-hydrogen) atoms. The smallest absolute Gasteiger partial charge is 0.416 e. The van der Waals surface area contributed by atoms with Crippen LogP contribution in [0.1, 0.15) is 17.2 Å². The van der Waals surface area contributed by atoms with E-state index in [2.05, 4.69) is 0 Å². The highest BCUT2D eigenvalue weighted by molar-refractivity contribution is 5.76. The molecule has 7 heteroatoms. The Hall–Kier alpha value is -1.76. The van der Waals surface area contributed by atoms with E-state index >= 15 is 0 Å². The second kappa shape index (κ2) is 4.01. The maximum absolute atomic E-state index is 12.2. The Morgan fingerprint density at radius 2 is 1.94 bits per heavy atom. The van der Waals surface area contributed by atoms with E-state index in [0.29, 0.717) is 12.1 Å². The SMILES string of the molecule is N[C@H](C(=O)O)c1ccc(C(F)(F)F)cc1O. The molecule has 88 valence electrons. The first-order valence-corrected chi connectivity index (χ1v) is 4.12. The summed E-state index contributed by atoms with van der Waals surface area (Å²) in [6, 6.07) is 0.398. The molecule has 0 amide bonds. The van der Waals surface area contributed by atoms with Crippen molar-refractivity contribution in [1.29, 1.82) is 0 Å². The van der Waals surface area contributed by atoms with Crippen molar-refractivity contribution in [1.82, 2.24) is 0 Å². The van der Waals surface area contributed by atoms with Crippen LogP contribution in [0.15, 0.2) is 18.2 Å². The molecule has 0 aromatic heterocycles. The van der Waals surface area contributed by atoms with E-state index < -0.39 is 29.5 Å². The molecule has 1 aromatic carbocycles.